The van der Waals surface area contributed by atoms with Gasteiger partial charge in [-0.15, -0.1) is 0 Å². The maximum absolute atomic E-state index is 12.1. The van der Waals surface area contributed by atoms with E-state index in [1.54, 1.807) is 0 Å². The normalized spacial score (nSPS) is 20.4. The highest BCUT2D eigenvalue weighted by molar-refractivity contribution is 6.16. The summed E-state index contributed by atoms with van der Waals surface area (Å²) in [5.74, 6) is 3.43. The molecule has 4 aliphatic rings. The first kappa shape index (κ1) is 39.3. The summed E-state index contributed by atoms with van der Waals surface area (Å²) in [6.45, 7) is 8.99. The number of carbonyl (C=O) groups is 2. The number of benzene rings is 3. The summed E-state index contributed by atoms with van der Waals surface area (Å²) in [5.41, 5.74) is 10.0. The number of likely N-dealkylation sites (tertiary alicyclic amines) is 2. The number of piperidine rings is 4. The zero-order chi connectivity index (χ0) is 39.8. The number of amides is 2. The van der Waals surface area contributed by atoms with Crippen molar-refractivity contribution in [3.63, 3.8) is 0 Å². The number of anilines is 4. The molecule has 13 heteroatoms. The fourth-order valence-electron chi connectivity index (χ4n) is 8.92. The molecule has 4 saturated heterocycles. The van der Waals surface area contributed by atoms with Crippen LogP contribution in [-0.2, 0) is 9.59 Å². The molecule has 3 aromatic carbocycles. The van der Waals surface area contributed by atoms with E-state index in [9.17, 15) is 9.59 Å². The highest BCUT2D eigenvalue weighted by Crippen LogP contribution is 2.30. The molecule has 304 valence electrons. The predicted octanol–water partition coefficient (Wildman–Crippen LogP) is 5.99. The van der Waals surface area contributed by atoms with Crippen LogP contribution in [0.15, 0.2) is 85.2 Å². The van der Waals surface area contributed by atoms with Crippen molar-refractivity contribution in [2.75, 3.05) is 73.6 Å². The fourth-order valence-corrected chi connectivity index (χ4v) is 8.92. The van der Waals surface area contributed by atoms with Crippen LogP contribution in [0.3, 0.4) is 0 Å². The molecule has 0 radical (unpaired) electrons. The molecule has 0 aliphatic carbocycles. The number of nitrogens with two attached hydrogens (primary N) is 1. The smallest absolute Gasteiger partial charge is 0.249 e. The first-order chi connectivity index (χ1) is 28.3. The van der Waals surface area contributed by atoms with Crippen LogP contribution in [-0.4, -0.2) is 102 Å². The van der Waals surface area contributed by atoms with Crippen LogP contribution in [0.1, 0.15) is 62.5 Å². The Hall–Kier alpha value is -5.53. The minimum absolute atomic E-state index is 0.194. The lowest BCUT2D eigenvalue weighted by Crippen LogP contribution is -2.47. The number of nitrogens with one attached hydrogen (secondary N) is 4. The van der Waals surface area contributed by atoms with E-state index < -0.39 is 0 Å². The van der Waals surface area contributed by atoms with Gasteiger partial charge in [0.15, 0.2) is 0 Å². The van der Waals surface area contributed by atoms with Gasteiger partial charge < -0.3 is 35.8 Å². The second kappa shape index (κ2) is 18.4. The SMILES string of the molecule is N=C(c1ccc(Oc2ccccc2)cc1)c1c(N)ncnc1NC1CCN(CC2CCN(CC3CCN(c4ccc(NC5CCC(=O)NC5=O)cc4)CC3)CC2)CC1. The molecule has 0 spiro atoms. The zero-order valence-corrected chi connectivity index (χ0v) is 33.2. The average Bonchev–Trinajstić information content (AvgIpc) is 3.24. The average molecular weight is 785 g/mol. The molecule has 6 N–H and O–H groups in total. The van der Waals surface area contributed by atoms with Crippen LogP contribution in [0.4, 0.5) is 23.0 Å². The van der Waals surface area contributed by atoms with Gasteiger partial charge in [0.1, 0.15) is 35.5 Å². The van der Waals surface area contributed by atoms with E-state index in [0.29, 0.717) is 35.8 Å². The van der Waals surface area contributed by atoms with Crippen molar-refractivity contribution in [2.24, 2.45) is 11.8 Å². The standard InChI is InChI=1S/C45H56N10O3/c46-42(33-6-12-38(13-7-33)58-37-4-2-1-3-5-37)41-43(47)48-30-49-44(41)51-35-20-24-54(25-21-35)28-31-16-22-53(23-17-31)29-32-18-26-55(27-19-32)36-10-8-34(9-11-36)50-39-14-15-40(56)52-45(39)57/h1-13,30-32,35,39,46,50H,14-29H2,(H,52,56,57)(H3,47,48,49,51). The minimum Gasteiger partial charge on any atom is -0.457 e. The van der Waals surface area contributed by atoms with Gasteiger partial charge in [0, 0.05) is 68.7 Å². The van der Waals surface area contributed by atoms with Crippen molar-refractivity contribution in [3.8, 4) is 11.5 Å². The zero-order valence-electron chi connectivity index (χ0n) is 33.2. The van der Waals surface area contributed by atoms with Gasteiger partial charge in [0.05, 0.1) is 11.3 Å². The number of hydrogen-bond acceptors (Lipinski definition) is 12. The number of aromatic nitrogens is 2. The van der Waals surface area contributed by atoms with E-state index in [4.69, 9.17) is 15.9 Å². The van der Waals surface area contributed by atoms with Crippen molar-refractivity contribution in [2.45, 2.75) is 63.5 Å². The van der Waals surface area contributed by atoms with E-state index >= 15 is 0 Å². The molecule has 13 nitrogen and oxygen atoms in total. The van der Waals surface area contributed by atoms with Crippen molar-refractivity contribution >= 4 is 40.5 Å². The number of rotatable bonds is 13. The minimum atomic E-state index is -0.362. The molecule has 0 saturated carbocycles. The van der Waals surface area contributed by atoms with E-state index in [0.717, 1.165) is 67.9 Å². The lowest BCUT2D eigenvalue weighted by atomic mass is 9.91. The Kier molecular flexibility index (Phi) is 12.5. The summed E-state index contributed by atoms with van der Waals surface area (Å²) < 4.78 is 5.94. The largest absolute Gasteiger partial charge is 0.457 e. The van der Waals surface area contributed by atoms with Crippen LogP contribution in [0.25, 0.3) is 0 Å². The Morgan fingerprint density at radius 2 is 1.36 bits per heavy atom. The van der Waals surface area contributed by atoms with E-state index in [-0.39, 0.29) is 29.6 Å². The van der Waals surface area contributed by atoms with Crippen LogP contribution < -0.4 is 31.3 Å². The predicted molar refractivity (Wildman–Crippen MR) is 229 cm³/mol. The topological polar surface area (TPSA) is 165 Å². The first-order valence-electron chi connectivity index (χ1n) is 21.0. The summed E-state index contributed by atoms with van der Waals surface area (Å²) >= 11 is 0. The van der Waals surface area contributed by atoms with Crippen LogP contribution in [0.5, 0.6) is 11.5 Å². The van der Waals surface area contributed by atoms with Crippen molar-refractivity contribution in [1.82, 2.24) is 25.1 Å². The molecule has 1 unspecified atom stereocenters. The molecule has 1 atom stereocenters. The molecule has 0 bridgehead atoms. The lowest BCUT2D eigenvalue weighted by molar-refractivity contribution is -0.133. The molecule has 4 aromatic rings. The first-order valence-corrected chi connectivity index (χ1v) is 21.0. The van der Waals surface area contributed by atoms with Gasteiger partial charge in [-0.25, -0.2) is 9.97 Å². The van der Waals surface area contributed by atoms with E-state index in [1.165, 1.54) is 63.9 Å². The summed E-state index contributed by atoms with van der Waals surface area (Å²) in [6.07, 6.45) is 9.36. The number of hydrogen-bond donors (Lipinski definition) is 5. The summed E-state index contributed by atoms with van der Waals surface area (Å²) in [6, 6.07) is 25.4. The maximum Gasteiger partial charge on any atom is 0.249 e. The van der Waals surface area contributed by atoms with Crippen LogP contribution >= 0.6 is 0 Å². The van der Waals surface area contributed by atoms with E-state index in [1.807, 2.05) is 66.7 Å². The number of carbonyl (C=O) groups excluding carboxylic acids is 2. The quantitative estimate of drug-likeness (QED) is 0.0800. The summed E-state index contributed by atoms with van der Waals surface area (Å²) in [7, 11) is 0. The Labute approximate surface area is 341 Å². The Morgan fingerprint density at radius 3 is 2.02 bits per heavy atom. The van der Waals surface area contributed by atoms with Gasteiger partial charge in [-0.05, 0) is 131 Å². The molecule has 1 aromatic heterocycles. The van der Waals surface area contributed by atoms with Gasteiger partial charge in [-0.1, -0.05) is 18.2 Å². The van der Waals surface area contributed by atoms with Crippen LogP contribution in [0, 0.1) is 17.2 Å². The second-order valence-corrected chi connectivity index (χ2v) is 16.4. The Balaban J connectivity index is 0.736. The molecule has 8 rings (SSSR count). The Morgan fingerprint density at radius 1 is 0.741 bits per heavy atom. The van der Waals surface area contributed by atoms with Gasteiger partial charge in [-0.2, -0.15) is 0 Å². The molecule has 4 fully saturated rings. The number of para-hydroxylation sites is 1. The monoisotopic (exact) mass is 784 g/mol. The number of imide groups is 1. The molecule has 4 aliphatic heterocycles. The molecular formula is C45H56N10O3. The number of nitrogen functional groups attached to an aromatic ring is 1. The highest BCUT2D eigenvalue weighted by atomic mass is 16.5. The third-order valence-electron chi connectivity index (χ3n) is 12.3. The summed E-state index contributed by atoms with van der Waals surface area (Å²) in [4.78, 5) is 40.2. The lowest BCUT2D eigenvalue weighted by Gasteiger charge is -2.40. The van der Waals surface area contributed by atoms with Crippen molar-refractivity contribution in [3.05, 3.63) is 96.3 Å². The number of nitrogens with zero attached hydrogens (tertiary/aromatic N) is 5. The highest BCUT2D eigenvalue weighted by Gasteiger charge is 2.29. The van der Waals surface area contributed by atoms with Crippen molar-refractivity contribution in [1.29, 1.82) is 5.41 Å². The molecule has 5 heterocycles. The van der Waals surface area contributed by atoms with E-state index in [2.05, 4.69) is 52.8 Å². The summed E-state index contributed by atoms with van der Waals surface area (Å²) in [5, 5.41) is 18.4. The molecule has 58 heavy (non-hydrogen) atoms. The maximum atomic E-state index is 12.1. The third kappa shape index (κ3) is 9.94. The molecule has 2 amide bonds. The Bertz CT molecular complexity index is 2000. The van der Waals surface area contributed by atoms with Gasteiger partial charge in [0.2, 0.25) is 11.8 Å². The van der Waals surface area contributed by atoms with Crippen molar-refractivity contribution < 1.29 is 14.3 Å². The number of ether oxygens (including phenoxy) is 1. The fraction of sp³-hybridized carbons (Fsp3) is 0.444. The van der Waals surface area contributed by atoms with Gasteiger partial charge in [0.25, 0.3) is 0 Å². The molecular weight excluding hydrogens is 729 g/mol. The third-order valence-corrected chi connectivity index (χ3v) is 12.3. The van der Waals surface area contributed by atoms with Crippen LogP contribution in [0.2, 0.25) is 0 Å². The second-order valence-electron chi connectivity index (χ2n) is 16.4. The van der Waals surface area contributed by atoms with Gasteiger partial charge in [-0.3, -0.25) is 20.3 Å². The van der Waals surface area contributed by atoms with Gasteiger partial charge >= 0.3 is 0 Å².